The predicted octanol–water partition coefficient (Wildman–Crippen LogP) is 0.506. The number of hydrogen-bond donors (Lipinski definition) is 0. The van der Waals surface area contributed by atoms with E-state index in [1.165, 1.54) is 6.42 Å². The maximum atomic E-state index is 11.9. The molecule has 2 fully saturated rings. The molecule has 4 nitrogen and oxygen atoms in total. The average Bonchev–Trinajstić information content (AvgIpc) is 2.63. The van der Waals surface area contributed by atoms with E-state index in [9.17, 15) is 8.42 Å². The van der Waals surface area contributed by atoms with Crippen molar-refractivity contribution in [2.75, 3.05) is 31.9 Å². The second-order valence-corrected chi connectivity index (χ2v) is 6.59. The Morgan fingerprint density at radius 1 is 1.27 bits per heavy atom. The van der Waals surface area contributed by atoms with Gasteiger partial charge in [-0.05, 0) is 25.8 Å². The lowest BCUT2D eigenvalue weighted by molar-refractivity contribution is 0.158. The predicted molar refractivity (Wildman–Crippen MR) is 60.2 cm³/mol. The van der Waals surface area contributed by atoms with Gasteiger partial charge in [0.05, 0.1) is 5.75 Å². The van der Waals surface area contributed by atoms with E-state index in [2.05, 4.69) is 4.90 Å². The molecular weight excluding hydrogens is 212 g/mol. The third-order valence-corrected chi connectivity index (χ3v) is 5.45. The van der Waals surface area contributed by atoms with Gasteiger partial charge in [0.1, 0.15) is 0 Å². The van der Waals surface area contributed by atoms with E-state index < -0.39 is 10.0 Å². The highest BCUT2D eigenvalue weighted by Gasteiger charge is 2.34. The summed E-state index contributed by atoms with van der Waals surface area (Å²) in [7, 11) is -2.97. The second-order valence-electron chi connectivity index (χ2n) is 4.51. The number of rotatable bonds is 3. The van der Waals surface area contributed by atoms with Gasteiger partial charge in [0.15, 0.2) is 0 Å². The fourth-order valence-electron chi connectivity index (χ4n) is 2.60. The van der Waals surface area contributed by atoms with Crippen molar-refractivity contribution in [2.45, 2.75) is 32.2 Å². The van der Waals surface area contributed by atoms with E-state index in [4.69, 9.17) is 0 Å². The summed E-state index contributed by atoms with van der Waals surface area (Å²) >= 11 is 0. The summed E-state index contributed by atoms with van der Waals surface area (Å²) in [5.41, 5.74) is 0. The zero-order chi connectivity index (χ0) is 10.9. The smallest absolute Gasteiger partial charge is 0.214 e. The van der Waals surface area contributed by atoms with Crippen molar-refractivity contribution in [3.8, 4) is 0 Å². The van der Waals surface area contributed by atoms with E-state index in [0.29, 0.717) is 24.8 Å². The van der Waals surface area contributed by atoms with Crippen molar-refractivity contribution in [3.05, 3.63) is 0 Å². The summed E-state index contributed by atoms with van der Waals surface area (Å²) in [5, 5.41) is 0. The van der Waals surface area contributed by atoms with E-state index in [1.807, 2.05) is 6.92 Å². The van der Waals surface area contributed by atoms with Gasteiger partial charge in [-0.15, -0.1) is 0 Å². The third kappa shape index (κ3) is 2.34. The quantitative estimate of drug-likeness (QED) is 0.712. The Morgan fingerprint density at radius 3 is 2.80 bits per heavy atom. The maximum absolute atomic E-state index is 11.9. The summed E-state index contributed by atoms with van der Waals surface area (Å²) in [4.78, 5) is 2.43. The molecule has 0 bridgehead atoms. The Kier molecular flexibility index (Phi) is 3.33. The molecule has 0 amide bonds. The Labute approximate surface area is 92.3 Å². The molecule has 0 spiro atoms. The van der Waals surface area contributed by atoms with E-state index in [-0.39, 0.29) is 0 Å². The molecular formula is C10H20N2O2S. The van der Waals surface area contributed by atoms with Crippen LogP contribution in [0.2, 0.25) is 0 Å². The first-order chi connectivity index (χ1) is 7.13. The molecule has 2 heterocycles. The van der Waals surface area contributed by atoms with Crippen LogP contribution in [0.5, 0.6) is 0 Å². The molecule has 1 atom stereocenters. The van der Waals surface area contributed by atoms with Gasteiger partial charge in [0.2, 0.25) is 10.0 Å². The van der Waals surface area contributed by atoms with E-state index >= 15 is 0 Å². The summed E-state index contributed by atoms with van der Waals surface area (Å²) in [6.45, 7) is 5.42. The van der Waals surface area contributed by atoms with Crippen molar-refractivity contribution in [1.29, 1.82) is 0 Å². The number of nitrogens with zero attached hydrogens (tertiary/aromatic N) is 2. The summed E-state index contributed by atoms with van der Waals surface area (Å²) < 4.78 is 25.5. The van der Waals surface area contributed by atoms with Gasteiger partial charge < -0.3 is 0 Å². The fourth-order valence-corrected chi connectivity index (χ4v) is 4.14. The lowest BCUT2D eigenvalue weighted by atomic mass is 10.2. The van der Waals surface area contributed by atoms with Gasteiger partial charge in [-0.3, -0.25) is 4.90 Å². The zero-order valence-electron chi connectivity index (χ0n) is 9.35. The van der Waals surface area contributed by atoms with Crippen molar-refractivity contribution in [1.82, 2.24) is 9.21 Å². The minimum absolute atomic E-state index is 0.305. The van der Waals surface area contributed by atoms with E-state index in [1.54, 1.807) is 4.31 Å². The second kappa shape index (κ2) is 4.39. The Morgan fingerprint density at radius 2 is 2.07 bits per heavy atom. The van der Waals surface area contributed by atoms with Crippen LogP contribution >= 0.6 is 0 Å². The van der Waals surface area contributed by atoms with Crippen molar-refractivity contribution in [2.24, 2.45) is 0 Å². The zero-order valence-corrected chi connectivity index (χ0v) is 10.2. The normalized spacial score (nSPS) is 29.3. The standard InChI is InChI=1S/C10H20N2O2S/c1-2-8-15(13,14)12-7-6-11-5-3-4-10(11)9-12/h10H,2-9H2,1H3/t10-/m1/s1. The molecule has 0 aromatic heterocycles. The summed E-state index contributed by atoms with van der Waals surface area (Å²) in [5.74, 6) is 0.305. The SMILES string of the molecule is CCCS(=O)(=O)N1CCN2CCC[C@@H]2C1. The summed E-state index contributed by atoms with van der Waals surface area (Å²) in [6.07, 6.45) is 3.11. The van der Waals surface area contributed by atoms with Crippen molar-refractivity contribution in [3.63, 3.8) is 0 Å². The van der Waals surface area contributed by atoms with Crippen LogP contribution in [0, 0.1) is 0 Å². The average molecular weight is 232 g/mol. The van der Waals surface area contributed by atoms with Crippen LogP contribution in [0.25, 0.3) is 0 Å². The van der Waals surface area contributed by atoms with Gasteiger partial charge in [0, 0.05) is 25.7 Å². The van der Waals surface area contributed by atoms with Gasteiger partial charge in [0.25, 0.3) is 0 Å². The molecule has 0 aromatic rings. The van der Waals surface area contributed by atoms with Gasteiger partial charge in [-0.1, -0.05) is 6.92 Å². The number of sulfonamides is 1. The van der Waals surface area contributed by atoms with Crippen molar-refractivity contribution < 1.29 is 8.42 Å². The molecule has 0 N–H and O–H groups in total. The highest BCUT2D eigenvalue weighted by Crippen LogP contribution is 2.23. The van der Waals surface area contributed by atoms with Crippen LogP contribution in [0.3, 0.4) is 0 Å². The van der Waals surface area contributed by atoms with Crippen molar-refractivity contribution >= 4 is 10.0 Å². The Hall–Kier alpha value is -0.130. The first-order valence-electron chi connectivity index (χ1n) is 5.85. The first-order valence-corrected chi connectivity index (χ1v) is 7.46. The minimum atomic E-state index is -2.97. The van der Waals surface area contributed by atoms with Gasteiger partial charge >= 0.3 is 0 Å². The number of fused-ring (bicyclic) bond motifs is 1. The molecule has 2 aliphatic rings. The monoisotopic (exact) mass is 232 g/mol. The Balaban J connectivity index is 2.00. The largest absolute Gasteiger partial charge is 0.298 e. The molecule has 0 unspecified atom stereocenters. The molecule has 0 aliphatic carbocycles. The molecule has 2 saturated heterocycles. The van der Waals surface area contributed by atoms with Crippen LogP contribution in [0.15, 0.2) is 0 Å². The maximum Gasteiger partial charge on any atom is 0.214 e. The molecule has 0 aromatic carbocycles. The third-order valence-electron chi connectivity index (χ3n) is 3.41. The van der Waals surface area contributed by atoms with Crippen LogP contribution in [-0.2, 0) is 10.0 Å². The molecule has 0 radical (unpaired) electrons. The lowest BCUT2D eigenvalue weighted by Gasteiger charge is -2.36. The summed E-state index contributed by atoms with van der Waals surface area (Å²) in [6, 6.07) is 0.491. The fraction of sp³-hybridized carbons (Fsp3) is 1.00. The molecule has 5 heteroatoms. The van der Waals surface area contributed by atoms with Crippen LogP contribution in [0.4, 0.5) is 0 Å². The Bertz CT molecular complexity index is 315. The molecule has 88 valence electrons. The number of hydrogen-bond acceptors (Lipinski definition) is 3. The highest BCUT2D eigenvalue weighted by molar-refractivity contribution is 7.89. The molecule has 2 rings (SSSR count). The van der Waals surface area contributed by atoms with E-state index in [0.717, 1.165) is 26.1 Å². The molecule has 0 saturated carbocycles. The van der Waals surface area contributed by atoms with Gasteiger partial charge in [-0.25, -0.2) is 8.42 Å². The van der Waals surface area contributed by atoms with Crippen LogP contribution < -0.4 is 0 Å². The highest BCUT2D eigenvalue weighted by atomic mass is 32.2. The number of piperazine rings is 1. The lowest BCUT2D eigenvalue weighted by Crippen LogP contribution is -2.52. The minimum Gasteiger partial charge on any atom is -0.298 e. The van der Waals surface area contributed by atoms with Crippen LogP contribution in [-0.4, -0.2) is 55.6 Å². The van der Waals surface area contributed by atoms with Crippen LogP contribution in [0.1, 0.15) is 26.2 Å². The first kappa shape index (κ1) is 11.4. The molecule has 15 heavy (non-hydrogen) atoms. The topological polar surface area (TPSA) is 40.6 Å². The molecule has 2 aliphatic heterocycles. The van der Waals surface area contributed by atoms with Gasteiger partial charge in [-0.2, -0.15) is 4.31 Å².